The van der Waals surface area contributed by atoms with Gasteiger partial charge in [-0.3, -0.25) is 15.4 Å². The Kier molecular flexibility index (Phi) is 7.56. The third kappa shape index (κ3) is 5.82. The van der Waals surface area contributed by atoms with E-state index in [0.29, 0.717) is 31.5 Å². The number of rotatable bonds is 4. The van der Waals surface area contributed by atoms with Gasteiger partial charge in [-0.1, -0.05) is 19.3 Å². The highest BCUT2D eigenvalue weighted by Crippen LogP contribution is 2.33. The van der Waals surface area contributed by atoms with E-state index in [1.165, 1.54) is 6.42 Å². The van der Waals surface area contributed by atoms with Gasteiger partial charge in [0, 0.05) is 17.9 Å². The van der Waals surface area contributed by atoms with Gasteiger partial charge < -0.3 is 16.4 Å². The number of nitrogens with two attached hydrogens (primary N) is 1. The van der Waals surface area contributed by atoms with E-state index in [9.17, 15) is 27.2 Å². The maximum atomic E-state index is 13.7. The smallest absolute Gasteiger partial charge is 0.335 e. The molecule has 4 unspecified atom stereocenters. The normalized spacial score (nSPS) is 36.2. The first-order chi connectivity index (χ1) is 14.1. The molecule has 0 bridgehead atoms. The largest absolute Gasteiger partial charge is 0.406 e. The summed E-state index contributed by atoms with van der Waals surface area (Å²) in [5.74, 6) is 0.550. The van der Waals surface area contributed by atoms with Crippen LogP contribution < -0.4 is 27.0 Å². The molecule has 3 aliphatic rings. The number of ketones is 1. The van der Waals surface area contributed by atoms with Crippen LogP contribution in [0.25, 0.3) is 0 Å². The maximum absolute atomic E-state index is 13.7. The predicted octanol–water partition coefficient (Wildman–Crippen LogP) is 2.02. The molecule has 4 atom stereocenters. The first-order valence-corrected chi connectivity index (χ1v) is 10.7. The van der Waals surface area contributed by atoms with E-state index in [2.05, 4.69) is 16.0 Å². The van der Waals surface area contributed by atoms with Crippen LogP contribution in [0, 0.1) is 11.8 Å². The molecule has 0 aromatic carbocycles. The molecule has 172 valence electrons. The van der Waals surface area contributed by atoms with Crippen LogP contribution in [-0.2, 0) is 4.79 Å². The molecule has 0 aromatic heterocycles. The molecule has 2 amide bonds. The molecule has 0 spiro atoms. The van der Waals surface area contributed by atoms with E-state index in [1.807, 2.05) is 5.32 Å². The zero-order chi connectivity index (χ0) is 21.9. The zero-order valence-electron chi connectivity index (χ0n) is 16.8. The lowest BCUT2D eigenvalue weighted by Crippen LogP contribution is -2.75. The third-order valence-electron chi connectivity index (χ3n) is 6.47. The molecule has 0 aromatic rings. The fraction of sp³-hybridized carbons (Fsp3) is 0.895. The van der Waals surface area contributed by atoms with Crippen molar-refractivity contribution in [3.63, 3.8) is 0 Å². The summed E-state index contributed by atoms with van der Waals surface area (Å²) in [5.41, 5.74) is 5.39. The lowest BCUT2D eigenvalue weighted by Gasteiger charge is -2.39. The van der Waals surface area contributed by atoms with Crippen LogP contribution in [-0.4, -0.2) is 48.7 Å². The molecule has 0 radical (unpaired) electrons. The Hall–Kier alpha value is -1.46. The van der Waals surface area contributed by atoms with Crippen molar-refractivity contribution < 1.29 is 27.2 Å². The number of nitrogens with one attached hydrogen (secondary N) is 4. The summed E-state index contributed by atoms with van der Waals surface area (Å²) in [5, 5.41) is 9.41. The monoisotopic (exact) mass is 437 g/mol. The van der Waals surface area contributed by atoms with E-state index < -0.39 is 36.9 Å². The summed E-state index contributed by atoms with van der Waals surface area (Å²) in [6, 6.07) is -3.31. The van der Waals surface area contributed by atoms with Crippen LogP contribution in [0.1, 0.15) is 57.8 Å². The van der Waals surface area contributed by atoms with Crippen LogP contribution in [0.3, 0.4) is 0 Å². The Bertz CT molecular complexity index is 606. The summed E-state index contributed by atoms with van der Waals surface area (Å²) in [7, 11) is 0. The van der Waals surface area contributed by atoms with Gasteiger partial charge in [0.2, 0.25) is 0 Å². The van der Waals surface area contributed by atoms with Crippen LogP contribution in [0.5, 0.6) is 0 Å². The zero-order valence-corrected chi connectivity index (χ0v) is 16.8. The summed E-state index contributed by atoms with van der Waals surface area (Å²) in [6.45, 7) is 0. The van der Waals surface area contributed by atoms with E-state index >= 15 is 0 Å². The van der Waals surface area contributed by atoms with Crippen molar-refractivity contribution in [1.29, 1.82) is 0 Å². The van der Waals surface area contributed by atoms with Crippen molar-refractivity contribution in [2.24, 2.45) is 17.6 Å². The van der Waals surface area contributed by atoms with Gasteiger partial charge in [0.1, 0.15) is 18.1 Å². The Morgan fingerprint density at radius 3 is 2.07 bits per heavy atom. The minimum Gasteiger partial charge on any atom is -0.335 e. The Morgan fingerprint density at radius 2 is 1.47 bits per heavy atom. The second-order valence-corrected chi connectivity index (χ2v) is 8.66. The number of hydrogen-bond acceptors (Lipinski definition) is 5. The fourth-order valence-corrected chi connectivity index (χ4v) is 4.77. The number of urea groups is 1. The van der Waals surface area contributed by atoms with Crippen LogP contribution in [0.15, 0.2) is 0 Å². The Balaban J connectivity index is 1.43. The van der Waals surface area contributed by atoms with E-state index in [1.54, 1.807) is 0 Å². The molecular formula is C19H31F4N5O2. The van der Waals surface area contributed by atoms with Gasteiger partial charge >= 0.3 is 12.2 Å². The fourth-order valence-electron chi connectivity index (χ4n) is 4.77. The van der Waals surface area contributed by atoms with E-state index in [-0.39, 0.29) is 17.9 Å². The number of halogens is 4. The van der Waals surface area contributed by atoms with Crippen molar-refractivity contribution in [2.75, 3.05) is 0 Å². The number of carbonyl (C=O) groups excluding carboxylic acids is 2. The van der Waals surface area contributed by atoms with Crippen LogP contribution in [0.4, 0.5) is 22.4 Å². The molecule has 3 fully saturated rings. The average molecular weight is 437 g/mol. The van der Waals surface area contributed by atoms with E-state index in [0.717, 1.165) is 25.7 Å². The topological polar surface area (TPSA) is 108 Å². The highest BCUT2D eigenvalue weighted by molar-refractivity contribution is 5.83. The SMILES string of the molecule is NC1NC(NC(=O)NC2CCC(C(=O)C3CCCCC3)CC2)NC(C(F)(F)F)C1F. The van der Waals surface area contributed by atoms with Gasteiger partial charge in [-0.15, -0.1) is 0 Å². The second-order valence-electron chi connectivity index (χ2n) is 8.66. The van der Waals surface area contributed by atoms with Gasteiger partial charge in [-0.25, -0.2) is 9.18 Å². The molecule has 11 heteroatoms. The molecule has 6 N–H and O–H groups in total. The lowest BCUT2D eigenvalue weighted by molar-refractivity contribution is -0.182. The summed E-state index contributed by atoms with van der Waals surface area (Å²) >= 11 is 0. The number of Topliss-reactive ketones (excluding diaryl/α,β-unsaturated/α-hetero) is 1. The minimum absolute atomic E-state index is 0.0305. The number of alkyl halides is 4. The first-order valence-electron chi connectivity index (χ1n) is 10.7. The van der Waals surface area contributed by atoms with Crippen LogP contribution in [0.2, 0.25) is 0 Å². The van der Waals surface area contributed by atoms with Crippen molar-refractivity contribution in [2.45, 2.75) is 94.7 Å². The number of hydrogen-bond donors (Lipinski definition) is 5. The van der Waals surface area contributed by atoms with Crippen molar-refractivity contribution in [1.82, 2.24) is 21.3 Å². The molecule has 2 saturated carbocycles. The molecule has 1 heterocycles. The Labute approximate surface area is 173 Å². The summed E-state index contributed by atoms with van der Waals surface area (Å²) in [6.07, 6.45) is -2.05. The van der Waals surface area contributed by atoms with Gasteiger partial charge in [-0.2, -0.15) is 13.2 Å². The highest BCUT2D eigenvalue weighted by atomic mass is 19.4. The third-order valence-corrected chi connectivity index (χ3v) is 6.47. The quantitative estimate of drug-likeness (QED) is 0.433. The first kappa shape index (κ1) is 23.2. The summed E-state index contributed by atoms with van der Waals surface area (Å²) in [4.78, 5) is 24.9. The molecule has 2 aliphatic carbocycles. The predicted molar refractivity (Wildman–Crippen MR) is 102 cm³/mol. The molecule has 30 heavy (non-hydrogen) atoms. The minimum atomic E-state index is -4.83. The Morgan fingerprint density at radius 1 is 0.867 bits per heavy atom. The molecule has 1 aliphatic heterocycles. The highest BCUT2D eigenvalue weighted by Gasteiger charge is 2.51. The number of amides is 2. The average Bonchev–Trinajstić information content (AvgIpc) is 2.70. The van der Waals surface area contributed by atoms with Crippen molar-refractivity contribution in [3.05, 3.63) is 0 Å². The van der Waals surface area contributed by atoms with E-state index in [4.69, 9.17) is 5.73 Å². The lowest BCUT2D eigenvalue weighted by atomic mass is 9.75. The van der Waals surface area contributed by atoms with Gasteiger partial charge in [0.25, 0.3) is 0 Å². The molecular weight excluding hydrogens is 406 g/mol. The van der Waals surface area contributed by atoms with Crippen LogP contribution >= 0.6 is 0 Å². The van der Waals surface area contributed by atoms with Crippen molar-refractivity contribution in [3.8, 4) is 0 Å². The second kappa shape index (κ2) is 9.78. The number of carbonyl (C=O) groups is 2. The molecule has 3 rings (SSSR count). The van der Waals surface area contributed by atoms with Gasteiger partial charge in [0.05, 0.1) is 6.17 Å². The van der Waals surface area contributed by atoms with Crippen molar-refractivity contribution >= 4 is 11.8 Å². The van der Waals surface area contributed by atoms with Gasteiger partial charge in [0.15, 0.2) is 6.17 Å². The molecule has 7 nitrogen and oxygen atoms in total. The summed E-state index contributed by atoms with van der Waals surface area (Å²) < 4.78 is 52.6. The van der Waals surface area contributed by atoms with Gasteiger partial charge in [-0.05, 0) is 38.5 Å². The molecule has 1 saturated heterocycles. The maximum Gasteiger partial charge on any atom is 0.406 e. The standard InChI is InChI=1S/C19H31F4N5O2/c20-13-15(19(21,22)23)26-17(27-16(13)24)28-18(30)25-12-8-6-11(7-9-12)14(29)10-4-2-1-3-5-10/h10-13,15-17,26-27H,1-9,24H2,(H2,25,28,30).